The summed E-state index contributed by atoms with van der Waals surface area (Å²) < 4.78 is 14.6. The van der Waals surface area contributed by atoms with E-state index < -0.39 is 43.4 Å². The van der Waals surface area contributed by atoms with Gasteiger partial charge in [-0.15, -0.1) is 11.8 Å². The fourth-order valence-corrected chi connectivity index (χ4v) is 2.84. The van der Waals surface area contributed by atoms with E-state index in [1.807, 2.05) is 0 Å². The third-order valence-electron chi connectivity index (χ3n) is 2.09. The van der Waals surface area contributed by atoms with Crippen molar-refractivity contribution in [3.05, 3.63) is 0 Å². The third-order valence-corrected chi connectivity index (χ3v) is 3.90. The van der Waals surface area contributed by atoms with Gasteiger partial charge in [-0.2, -0.15) is 0 Å². The topological polar surface area (TPSA) is 148 Å². The molecular weight excluding hydrogens is 263 g/mol. The molecule has 1 aliphatic rings. The van der Waals surface area contributed by atoms with Crippen LogP contribution in [0.1, 0.15) is 0 Å². The van der Waals surface area contributed by atoms with Gasteiger partial charge in [-0.25, -0.2) is 4.57 Å². The molecule has 8 nitrogen and oxygen atoms in total. The summed E-state index contributed by atoms with van der Waals surface area (Å²) in [5.74, 6) is 0. The van der Waals surface area contributed by atoms with Gasteiger partial charge >= 0.3 is 7.82 Å². The Kier molecular flexibility index (Phi) is 4.76. The van der Waals surface area contributed by atoms with Gasteiger partial charge in [0.15, 0.2) is 0 Å². The summed E-state index contributed by atoms with van der Waals surface area (Å²) in [6, 6.07) is 0. The van der Waals surface area contributed by atoms with Crippen molar-refractivity contribution < 1.29 is 39.3 Å². The highest BCUT2D eigenvalue weighted by molar-refractivity contribution is 8.00. The van der Waals surface area contributed by atoms with E-state index in [4.69, 9.17) is 9.79 Å². The highest BCUT2D eigenvalue weighted by Crippen LogP contribution is 2.39. The van der Waals surface area contributed by atoms with E-state index in [9.17, 15) is 25.0 Å². The Hall–Kier alpha value is 0.300. The number of thioether (sulfide) groups is 1. The van der Waals surface area contributed by atoms with Crippen molar-refractivity contribution >= 4 is 19.6 Å². The van der Waals surface area contributed by atoms with Crippen molar-refractivity contribution in [1.82, 2.24) is 0 Å². The van der Waals surface area contributed by atoms with Crippen LogP contribution in [0.4, 0.5) is 0 Å². The van der Waals surface area contributed by atoms with Crippen LogP contribution >= 0.6 is 19.6 Å². The number of rotatable bonds is 3. The zero-order valence-electron chi connectivity index (χ0n) is 7.95. The molecule has 0 bridgehead atoms. The lowest BCUT2D eigenvalue weighted by Crippen LogP contribution is -2.54. The van der Waals surface area contributed by atoms with Crippen molar-refractivity contribution in [2.45, 2.75) is 29.0 Å². The van der Waals surface area contributed by atoms with E-state index in [0.717, 1.165) is 0 Å². The first-order valence-corrected chi connectivity index (χ1v) is 6.77. The average Bonchev–Trinajstić information content (AvgIpc) is 2.17. The largest absolute Gasteiger partial charge is 0.469 e. The van der Waals surface area contributed by atoms with Crippen molar-refractivity contribution in [1.29, 1.82) is 0 Å². The zero-order valence-corrected chi connectivity index (χ0v) is 9.66. The van der Waals surface area contributed by atoms with Crippen LogP contribution in [0, 0.1) is 0 Å². The second-order valence-corrected chi connectivity index (χ2v) is 5.92. The summed E-state index contributed by atoms with van der Waals surface area (Å²) in [7, 11) is -4.66. The SMILES string of the molecule is O=P(O)(O)OC[C@H]1S[C@@H](O)[C@H](O)[C@@H](O)[C@@H]1O. The first kappa shape index (κ1) is 14.4. The van der Waals surface area contributed by atoms with Gasteiger partial charge in [0, 0.05) is 0 Å². The maximum absolute atomic E-state index is 10.4. The molecule has 0 radical (unpaired) electrons. The maximum atomic E-state index is 10.4. The zero-order chi connectivity index (χ0) is 12.5. The van der Waals surface area contributed by atoms with E-state index in [1.165, 1.54) is 0 Å². The Morgan fingerprint density at radius 1 is 1.06 bits per heavy atom. The smallest absolute Gasteiger partial charge is 0.389 e. The highest BCUT2D eigenvalue weighted by atomic mass is 32.2. The Labute approximate surface area is 95.1 Å². The van der Waals surface area contributed by atoms with Crippen LogP contribution in [0.25, 0.3) is 0 Å². The summed E-state index contributed by atoms with van der Waals surface area (Å²) >= 11 is 0.674. The van der Waals surface area contributed by atoms with E-state index in [-0.39, 0.29) is 0 Å². The van der Waals surface area contributed by atoms with Crippen molar-refractivity contribution in [3.8, 4) is 0 Å². The molecule has 1 fully saturated rings. The second-order valence-electron chi connectivity index (χ2n) is 3.32. The summed E-state index contributed by atoms with van der Waals surface area (Å²) in [5.41, 5.74) is -1.34. The molecule has 5 atom stereocenters. The molecule has 10 heteroatoms. The monoisotopic (exact) mass is 276 g/mol. The van der Waals surface area contributed by atoms with Gasteiger partial charge in [0.05, 0.1) is 18.0 Å². The first-order valence-electron chi connectivity index (χ1n) is 4.30. The molecular formula is C6H13O8PS. The van der Waals surface area contributed by atoms with Gasteiger partial charge in [0.2, 0.25) is 0 Å². The molecule has 0 aromatic heterocycles. The molecule has 0 saturated carbocycles. The van der Waals surface area contributed by atoms with Gasteiger partial charge in [-0.05, 0) is 0 Å². The lowest BCUT2D eigenvalue weighted by Gasteiger charge is -2.37. The van der Waals surface area contributed by atoms with Crippen LogP contribution in [-0.4, -0.2) is 65.8 Å². The Bertz CT molecular complexity index is 282. The van der Waals surface area contributed by atoms with Crippen molar-refractivity contribution in [3.63, 3.8) is 0 Å². The molecule has 1 aliphatic heterocycles. The Morgan fingerprint density at radius 2 is 1.62 bits per heavy atom. The quantitative estimate of drug-likeness (QED) is 0.310. The van der Waals surface area contributed by atoms with Crippen molar-refractivity contribution in [2.24, 2.45) is 0 Å². The molecule has 6 N–H and O–H groups in total. The van der Waals surface area contributed by atoms with Crippen LogP contribution in [0.3, 0.4) is 0 Å². The Balaban J connectivity index is 2.57. The normalized spacial score (nSPS) is 41.0. The van der Waals surface area contributed by atoms with E-state index >= 15 is 0 Å². The lowest BCUT2D eigenvalue weighted by molar-refractivity contribution is -0.0951. The van der Waals surface area contributed by atoms with E-state index in [0.29, 0.717) is 11.8 Å². The number of phosphoric acid groups is 1. The summed E-state index contributed by atoms with van der Waals surface area (Å²) in [4.78, 5) is 16.9. The maximum Gasteiger partial charge on any atom is 0.469 e. The lowest BCUT2D eigenvalue weighted by atomic mass is 10.0. The van der Waals surface area contributed by atoms with Crippen LogP contribution < -0.4 is 0 Å². The van der Waals surface area contributed by atoms with E-state index in [1.54, 1.807) is 0 Å². The first-order chi connectivity index (χ1) is 7.22. The van der Waals surface area contributed by atoms with Gasteiger partial charge < -0.3 is 30.2 Å². The summed E-state index contributed by atoms with van der Waals surface area (Å²) in [6.45, 7) is -0.545. The molecule has 1 heterocycles. The van der Waals surface area contributed by atoms with Crippen LogP contribution in [-0.2, 0) is 9.09 Å². The predicted molar refractivity (Wildman–Crippen MR) is 53.4 cm³/mol. The van der Waals surface area contributed by atoms with Gasteiger partial charge in [-0.3, -0.25) is 4.52 Å². The molecule has 96 valence electrons. The molecule has 1 rings (SSSR count). The molecule has 0 spiro atoms. The molecule has 1 saturated heterocycles. The highest BCUT2D eigenvalue weighted by Gasteiger charge is 2.43. The van der Waals surface area contributed by atoms with Crippen LogP contribution in [0.2, 0.25) is 0 Å². The number of aliphatic hydroxyl groups is 4. The summed E-state index contributed by atoms with van der Waals surface area (Å²) in [6.07, 6.45) is -4.53. The fraction of sp³-hybridized carbons (Fsp3) is 1.00. The minimum Gasteiger partial charge on any atom is -0.389 e. The number of hydrogen-bond donors (Lipinski definition) is 6. The number of aliphatic hydroxyl groups excluding tert-OH is 4. The van der Waals surface area contributed by atoms with Crippen LogP contribution in [0.5, 0.6) is 0 Å². The van der Waals surface area contributed by atoms with Crippen LogP contribution in [0.15, 0.2) is 0 Å². The van der Waals surface area contributed by atoms with E-state index in [2.05, 4.69) is 4.52 Å². The molecule has 0 aromatic rings. The number of phosphoric ester groups is 1. The van der Waals surface area contributed by atoms with Gasteiger partial charge in [0.25, 0.3) is 0 Å². The third kappa shape index (κ3) is 3.66. The predicted octanol–water partition coefficient (Wildman–Crippen LogP) is -2.39. The summed E-state index contributed by atoms with van der Waals surface area (Å²) in [5, 5.41) is 36.3. The molecule has 0 aliphatic carbocycles. The minimum absolute atomic E-state index is 0.545. The molecule has 0 unspecified atom stereocenters. The van der Waals surface area contributed by atoms with Gasteiger partial charge in [-0.1, -0.05) is 0 Å². The fourth-order valence-electron chi connectivity index (χ4n) is 1.24. The number of hydrogen-bond acceptors (Lipinski definition) is 7. The average molecular weight is 276 g/mol. The van der Waals surface area contributed by atoms with Crippen molar-refractivity contribution in [2.75, 3.05) is 6.61 Å². The second kappa shape index (κ2) is 5.30. The Morgan fingerprint density at radius 3 is 2.12 bits per heavy atom. The standard InChI is InChI=1S/C6H13O8PS/c7-3-2(1-14-15(11,12)13)16-6(10)5(9)4(3)8/h2-10H,1H2,(H2,11,12,13)/t2-,3-,4+,5-,6-/m1/s1. The molecule has 0 aromatic carbocycles. The molecule has 0 amide bonds. The minimum atomic E-state index is -4.66. The molecule has 16 heavy (non-hydrogen) atoms. The van der Waals surface area contributed by atoms with Gasteiger partial charge in [0.1, 0.15) is 17.6 Å².